The van der Waals surface area contributed by atoms with Crippen LogP contribution < -0.4 is 11.1 Å². The van der Waals surface area contributed by atoms with Gasteiger partial charge in [0.25, 0.3) is 0 Å². The SMILES string of the molecule is NC1C=CC(C(=O)Nc2cccc(Cn3cncn3)c2)C1. The van der Waals surface area contributed by atoms with Gasteiger partial charge in [-0.3, -0.25) is 4.79 Å². The number of rotatable bonds is 4. The highest BCUT2D eigenvalue weighted by molar-refractivity contribution is 5.94. The first kappa shape index (κ1) is 13.5. The molecule has 2 atom stereocenters. The number of nitrogens with two attached hydrogens (primary N) is 1. The van der Waals surface area contributed by atoms with Crippen molar-refractivity contribution >= 4 is 11.6 Å². The number of nitrogens with one attached hydrogen (secondary N) is 1. The van der Waals surface area contributed by atoms with Crippen molar-refractivity contribution in [3.63, 3.8) is 0 Å². The lowest BCUT2D eigenvalue weighted by Crippen LogP contribution is -2.24. The van der Waals surface area contributed by atoms with Crippen LogP contribution in [-0.4, -0.2) is 26.7 Å². The van der Waals surface area contributed by atoms with Crippen molar-refractivity contribution < 1.29 is 4.79 Å². The molecule has 3 N–H and O–H groups in total. The molecule has 0 fully saturated rings. The van der Waals surface area contributed by atoms with Crippen molar-refractivity contribution in [3.8, 4) is 0 Å². The highest BCUT2D eigenvalue weighted by atomic mass is 16.1. The van der Waals surface area contributed by atoms with Crippen molar-refractivity contribution in [1.29, 1.82) is 0 Å². The van der Waals surface area contributed by atoms with Gasteiger partial charge in [-0.2, -0.15) is 5.10 Å². The van der Waals surface area contributed by atoms with Gasteiger partial charge in [-0.05, 0) is 24.1 Å². The second-order valence-electron chi connectivity index (χ2n) is 5.17. The Balaban J connectivity index is 1.66. The molecule has 0 aliphatic heterocycles. The minimum absolute atomic E-state index is 0.0144. The number of nitrogens with zero attached hydrogens (tertiary/aromatic N) is 3. The van der Waals surface area contributed by atoms with E-state index in [9.17, 15) is 4.79 Å². The summed E-state index contributed by atoms with van der Waals surface area (Å²) in [5.74, 6) is -0.156. The van der Waals surface area contributed by atoms with Gasteiger partial charge < -0.3 is 11.1 Å². The van der Waals surface area contributed by atoms with Crippen molar-refractivity contribution in [2.45, 2.75) is 19.0 Å². The number of anilines is 1. The Morgan fingerprint density at radius 2 is 2.33 bits per heavy atom. The molecule has 1 aromatic carbocycles. The first-order valence-corrected chi connectivity index (χ1v) is 6.87. The quantitative estimate of drug-likeness (QED) is 0.825. The maximum Gasteiger partial charge on any atom is 0.231 e. The van der Waals surface area contributed by atoms with Crippen LogP contribution in [0.2, 0.25) is 0 Å². The van der Waals surface area contributed by atoms with E-state index in [1.165, 1.54) is 6.33 Å². The Kier molecular flexibility index (Phi) is 3.79. The predicted octanol–water partition coefficient (Wildman–Crippen LogP) is 1.17. The molecule has 2 aromatic rings. The number of benzene rings is 1. The molecule has 1 amide bonds. The molecule has 0 saturated heterocycles. The van der Waals surface area contributed by atoms with E-state index in [0.29, 0.717) is 13.0 Å². The van der Waals surface area contributed by atoms with Crippen LogP contribution in [0.15, 0.2) is 49.1 Å². The van der Waals surface area contributed by atoms with E-state index in [-0.39, 0.29) is 17.9 Å². The third kappa shape index (κ3) is 3.35. The van der Waals surface area contributed by atoms with Crippen LogP contribution in [0.3, 0.4) is 0 Å². The van der Waals surface area contributed by atoms with Crippen molar-refractivity contribution in [2.24, 2.45) is 11.7 Å². The van der Waals surface area contributed by atoms with E-state index in [1.54, 1.807) is 11.0 Å². The zero-order valence-corrected chi connectivity index (χ0v) is 11.5. The van der Waals surface area contributed by atoms with E-state index < -0.39 is 0 Å². The summed E-state index contributed by atoms with van der Waals surface area (Å²) in [7, 11) is 0. The molecule has 0 spiro atoms. The second kappa shape index (κ2) is 5.88. The molecular formula is C15H17N5O. The second-order valence-corrected chi connectivity index (χ2v) is 5.17. The standard InChI is InChI=1S/C15H17N5O/c16-13-5-4-12(7-13)15(21)19-14-3-1-2-11(6-14)8-20-10-17-9-18-20/h1-6,9-10,12-13H,7-8,16H2,(H,19,21). The van der Waals surface area contributed by atoms with Gasteiger partial charge in [0.15, 0.2) is 0 Å². The molecule has 3 rings (SSSR count). The van der Waals surface area contributed by atoms with Crippen molar-refractivity contribution in [1.82, 2.24) is 14.8 Å². The average Bonchev–Trinajstić information content (AvgIpc) is 3.11. The normalized spacial score (nSPS) is 20.6. The third-order valence-corrected chi connectivity index (χ3v) is 3.46. The molecule has 6 nitrogen and oxygen atoms in total. The summed E-state index contributed by atoms with van der Waals surface area (Å²) in [6.45, 7) is 0.623. The summed E-state index contributed by atoms with van der Waals surface area (Å²) in [6.07, 6.45) is 7.59. The zero-order chi connectivity index (χ0) is 14.7. The Bertz CT molecular complexity index is 650. The Morgan fingerprint density at radius 1 is 1.43 bits per heavy atom. The molecular weight excluding hydrogens is 266 g/mol. The van der Waals surface area contributed by atoms with Gasteiger partial charge in [0.05, 0.1) is 12.5 Å². The summed E-state index contributed by atoms with van der Waals surface area (Å²) in [4.78, 5) is 16.1. The molecule has 1 heterocycles. The monoisotopic (exact) mass is 283 g/mol. The Labute approximate surface area is 122 Å². The molecule has 0 saturated carbocycles. The highest BCUT2D eigenvalue weighted by Crippen LogP contribution is 2.19. The highest BCUT2D eigenvalue weighted by Gasteiger charge is 2.22. The summed E-state index contributed by atoms with van der Waals surface area (Å²) < 4.78 is 1.74. The molecule has 1 aliphatic rings. The molecule has 6 heteroatoms. The number of amides is 1. The van der Waals surface area contributed by atoms with Crippen LogP contribution in [0.5, 0.6) is 0 Å². The molecule has 108 valence electrons. The number of aromatic nitrogens is 3. The topological polar surface area (TPSA) is 85.8 Å². The van der Waals surface area contributed by atoms with Crippen LogP contribution in [0, 0.1) is 5.92 Å². The molecule has 1 aromatic heterocycles. The van der Waals surface area contributed by atoms with Crippen LogP contribution in [0.1, 0.15) is 12.0 Å². The summed E-state index contributed by atoms with van der Waals surface area (Å²) >= 11 is 0. The fraction of sp³-hybridized carbons (Fsp3) is 0.267. The van der Waals surface area contributed by atoms with E-state index >= 15 is 0 Å². The minimum atomic E-state index is -0.140. The third-order valence-electron chi connectivity index (χ3n) is 3.46. The number of carbonyl (C=O) groups is 1. The number of carbonyl (C=O) groups excluding carboxylic acids is 1. The number of hydrogen-bond acceptors (Lipinski definition) is 4. The van der Waals surface area contributed by atoms with Crippen LogP contribution in [-0.2, 0) is 11.3 Å². The van der Waals surface area contributed by atoms with E-state index in [0.717, 1.165) is 11.3 Å². The maximum absolute atomic E-state index is 12.1. The summed E-state index contributed by atoms with van der Waals surface area (Å²) in [5.41, 5.74) is 7.61. The van der Waals surface area contributed by atoms with E-state index in [2.05, 4.69) is 15.4 Å². The molecule has 0 bridgehead atoms. The molecule has 0 radical (unpaired) electrons. The van der Waals surface area contributed by atoms with Gasteiger partial charge in [-0.15, -0.1) is 0 Å². The fourth-order valence-corrected chi connectivity index (χ4v) is 2.41. The lowest BCUT2D eigenvalue weighted by atomic mass is 10.1. The van der Waals surface area contributed by atoms with Gasteiger partial charge in [0, 0.05) is 11.7 Å². The Hall–Kier alpha value is -2.47. The first-order valence-electron chi connectivity index (χ1n) is 6.87. The van der Waals surface area contributed by atoms with E-state index in [1.807, 2.05) is 36.4 Å². The van der Waals surface area contributed by atoms with Gasteiger partial charge in [0.1, 0.15) is 12.7 Å². The zero-order valence-electron chi connectivity index (χ0n) is 11.5. The smallest absolute Gasteiger partial charge is 0.231 e. The number of hydrogen-bond donors (Lipinski definition) is 2. The molecule has 1 aliphatic carbocycles. The molecule has 21 heavy (non-hydrogen) atoms. The van der Waals surface area contributed by atoms with Crippen LogP contribution in [0.4, 0.5) is 5.69 Å². The van der Waals surface area contributed by atoms with Gasteiger partial charge in [0.2, 0.25) is 5.91 Å². The van der Waals surface area contributed by atoms with Crippen LogP contribution in [0.25, 0.3) is 0 Å². The van der Waals surface area contributed by atoms with Gasteiger partial charge >= 0.3 is 0 Å². The Morgan fingerprint density at radius 3 is 3.05 bits per heavy atom. The van der Waals surface area contributed by atoms with Gasteiger partial charge in [-0.25, -0.2) is 9.67 Å². The summed E-state index contributed by atoms with van der Waals surface area (Å²) in [5, 5.41) is 7.00. The largest absolute Gasteiger partial charge is 0.326 e. The fourth-order valence-electron chi connectivity index (χ4n) is 2.41. The average molecular weight is 283 g/mol. The van der Waals surface area contributed by atoms with Crippen molar-refractivity contribution in [2.75, 3.05) is 5.32 Å². The molecule has 2 unspecified atom stereocenters. The predicted molar refractivity (Wildman–Crippen MR) is 79.4 cm³/mol. The lowest BCUT2D eigenvalue weighted by molar-refractivity contribution is -0.118. The van der Waals surface area contributed by atoms with Gasteiger partial charge in [-0.1, -0.05) is 24.3 Å². The van der Waals surface area contributed by atoms with Crippen LogP contribution >= 0.6 is 0 Å². The van der Waals surface area contributed by atoms with E-state index in [4.69, 9.17) is 5.73 Å². The summed E-state index contributed by atoms with van der Waals surface area (Å²) in [6, 6.07) is 7.71. The minimum Gasteiger partial charge on any atom is -0.326 e. The van der Waals surface area contributed by atoms with Crippen molar-refractivity contribution in [3.05, 3.63) is 54.6 Å². The maximum atomic E-state index is 12.1. The first-order chi connectivity index (χ1) is 10.2. The lowest BCUT2D eigenvalue weighted by Gasteiger charge is -2.11.